The molecule has 0 atom stereocenters. The number of carboxylic acid groups (broad SMARTS) is 1. The van der Waals surface area contributed by atoms with Gasteiger partial charge >= 0.3 is 5.97 Å². The Labute approximate surface area is 126 Å². The first-order valence-electron chi connectivity index (χ1n) is 5.88. The van der Waals surface area contributed by atoms with Crippen molar-refractivity contribution in [1.29, 1.82) is 0 Å². The van der Waals surface area contributed by atoms with Crippen LogP contribution in [0.1, 0.15) is 13.3 Å². The predicted octanol–water partition coefficient (Wildman–Crippen LogP) is 1.94. The van der Waals surface area contributed by atoms with Crippen LogP contribution in [0.5, 0.6) is 5.75 Å². The summed E-state index contributed by atoms with van der Waals surface area (Å²) in [7, 11) is -2.39. The van der Waals surface area contributed by atoms with E-state index in [0.29, 0.717) is 16.6 Å². The maximum Gasteiger partial charge on any atom is 0.318 e. The highest BCUT2D eigenvalue weighted by molar-refractivity contribution is 9.10. The van der Waals surface area contributed by atoms with E-state index in [-0.39, 0.29) is 11.4 Å². The minimum absolute atomic E-state index is 0.0213. The van der Waals surface area contributed by atoms with Crippen molar-refractivity contribution >= 4 is 31.9 Å². The van der Waals surface area contributed by atoms with E-state index in [9.17, 15) is 13.2 Å². The highest BCUT2D eigenvalue weighted by Crippen LogP contribution is 2.28. The molecule has 0 aromatic heterocycles. The summed E-state index contributed by atoms with van der Waals surface area (Å²) in [4.78, 5) is 10.8. The molecular formula is C12H16BrNO5S. The summed E-state index contributed by atoms with van der Waals surface area (Å²) in [6, 6.07) is 4.43. The molecule has 0 aliphatic rings. The van der Waals surface area contributed by atoms with Crippen molar-refractivity contribution in [2.24, 2.45) is 0 Å². The summed E-state index contributed by atoms with van der Waals surface area (Å²) in [6.45, 7) is 1.37. The third kappa shape index (κ3) is 3.94. The van der Waals surface area contributed by atoms with Crippen molar-refractivity contribution in [2.45, 2.75) is 18.2 Å². The molecule has 0 radical (unpaired) electrons. The number of rotatable bonds is 7. The molecular weight excluding hydrogens is 350 g/mol. The van der Waals surface area contributed by atoms with Gasteiger partial charge in [0.25, 0.3) is 0 Å². The van der Waals surface area contributed by atoms with Gasteiger partial charge in [-0.1, -0.05) is 6.92 Å². The molecule has 1 aromatic carbocycles. The van der Waals surface area contributed by atoms with Gasteiger partial charge in [0, 0.05) is 11.0 Å². The number of hydrogen-bond acceptors (Lipinski definition) is 4. The van der Waals surface area contributed by atoms with Gasteiger partial charge in [0.15, 0.2) is 0 Å². The molecule has 1 rings (SSSR count). The molecule has 112 valence electrons. The lowest BCUT2D eigenvalue weighted by atomic mass is 10.3. The Balaban J connectivity index is 3.22. The van der Waals surface area contributed by atoms with Crippen LogP contribution in [0.25, 0.3) is 0 Å². The third-order valence-electron chi connectivity index (χ3n) is 2.54. The monoisotopic (exact) mass is 365 g/mol. The molecule has 0 saturated carbocycles. The van der Waals surface area contributed by atoms with E-state index in [1.54, 1.807) is 6.92 Å². The van der Waals surface area contributed by atoms with Crippen molar-refractivity contribution in [3.05, 3.63) is 22.7 Å². The van der Waals surface area contributed by atoms with E-state index in [0.717, 1.165) is 4.31 Å². The molecule has 20 heavy (non-hydrogen) atoms. The maximum atomic E-state index is 12.5. The molecule has 6 nitrogen and oxygen atoms in total. The van der Waals surface area contributed by atoms with Gasteiger partial charge in [-0.2, -0.15) is 4.31 Å². The van der Waals surface area contributed by atoms with Crippen LogP contribution >= 0.6 is 15.9 Å². The van der Waals surface area contributed by atoms with Gasteiger partial charge in [-0.25, -0.2) is 8.42 Å². The Morgan fingerprint density at radius 1 is 1.45 bits per heavy atom. The van der Waals surface area contributed by atoms with Gasteiger partial charge in [0.1, 0.15) is 12.3 Å². The lowest BCUT2D eigenvalue weighted by molar-refractivity contribution is -0.137. The number of hydrogen-bond donors (Lipinski definition) is 1. The highest BCUT2D eigenvalue weighted by Gasteiger charge is 2.27. The zero-order chi connectivity index (χ0) is 15.3. The van der Waals surface area contributed by atoms with Gasteiger partial charge < -0.3 is 9.84 Å². The molecule has 1 N–H and O–H groups in total. The SMILES string of the molecule is CCCN(CC(=O)O)S(=O)(=O)c1ccc(OC)cc1Br. The number of nitrogens with zero attached hydrogens (tertiary/aromatic N) is 1. The summed E-state index contributed by atoms with van der Waals surface area (Å²) in [5.74, 6) is -0.678. The summed E-state index contributed by atoms with van der Waals surface area (Å²) in [5.41, 5.74) is 0. The van der Waals surface area contributed by atoms with Crippen LogP contribution in [0.15, 0.2) is 27.6 Å². The van der Waals surface area contributed by atoms with Gasteiger partial charge in [0.05, 0.1) is 12.0 Å². The van der Waals surface area contributed by atoms with E-state index < -0.39 is 22.5 Å². The fourth-order valence-corrected chi connectivity index (χ4v) is 4.14. The lowest BCUT2D eigenvalue weighted by Gasteiger charge is -2.20. The van der Waals surface area contributed by atoms with Crippen LogP contribution in [-0.4, -0.2) is 44.0 Å². The van der Waals surface area contributed by atoms with Crippen LogP contribution in [0.2, 0.25) is 0 Å². The van der Waals surface area contributed by atoms with Crippen molar-refractivity contribution in [2.75, 3.05) is 20.2 Å². The smallest absolute Gasteiger partial charge is 0.318 e. The summed E-state index contributed by atoms with van der Waals surface area (Å²) in [6.07, 6.45) is 0.528. The minimum atomic E-state index is -3.86. The van der Waals surface area contributed by atoms with E-state index >= 15 is 0 Å². The molecule has 0 saturated heterocycles. The number of carbonyl (C=O) groups is 1. The lowest BCUT2D eigenvalue weighted by Crippen LogP contribution is -2.36. The van der Waals surface area contributed by atoms with Gasteiger partial charge in [-0.05, 0) is 40.5 Å². The van der Waals surface area contributed by atoms with Gasteiger partial charge in [0.2, 0.25) is 10.0 Å². The molecule has 0 heterocycles. The van der Waals surface area contributed by atoms with Crippen LogP contribution in [0.4, 0.5) is 0 Å². The average Bonchev–Trinajstić information content (AvgIpc) is 2.37. The van der Waals surface area contributed by atoms with E-state index in [1.807, 2.05) is 0 Å². The minimum Gasteiger partial charge on any atom is -0.497 e. The number of halogens is 1. The van der Waals surface area contributed by atoms with Crippen LogP contribution < -0.4 is 4.74 Å². The third-order valence-corrected chi connectivity index (χ3v) is 5.36. The second-order valence-electron chi connectivity index (χ2n) is 4.03. The first-order valence-corrected chi connectivity index (χ1v) is 8.11. The Morgan fingerprint density at radius 2 is 2.10 bits per heavy atom. The molecule has 0 amide bonds. The molecule has 1 aromatic rings. The zero-order valence-electron chi connectivity index (χ0n) is 11.2. The van der Waals surface area contributed by atoms with Crippen molar-refractivity contribution < 1.29 is 23.1 Å². The first-order chi connectivity index (χ1) is 9.32. The Hall–Kier alpha value is -1.12. The second-order valence-corrected chi connectivity index (χ2v) is 6.79. The summed E-state index contributed by atoms with van der Waals surface area (Å²) in [5, 5.41) is 8.83. The summed E-state index contributed by atoms with van der Waals surface area (Å²) < 4.78 is 31.2. The van der Waals surface area contributed by atoms with Crippen LogP contribution in [-0.2, 0) is 14.8 Å². The van der Waals surface area contributed by atoms with E-state index in [1.165, 1.54) is 25.3 Å². The molecule has 0 unspecified atom stereocenters. The zero-order valence-corrected chi connectivity index (χ0v) is 13.6. The van der Waals surface area contributed by atoms with E-state index in [4.69, 9.17) is 9.84 Å². The Morgan fingerprint density at radius 3 is 2.55 bits per heavy atom. The molecule has 0 spiro atoms. The predicted molar refractivity (Wildman–Crippen MR) is 77.4 cm³/mol. The largest absolute Gasteiger partial charge is 0.497 e. The number of benzene rings is 1. The van der Waals surface area contributed by atoms with Crippen molar-refractivity contribution in [1.82, 2.24) is 4.31 Å². The maximum absolute atomic E-state index is 12.5. The fourth-order valence-electron chi connectivity index (χ4n) is 1.64. The second kappa shape index (κ2) is 7.05. The highest BCUT2D eigenvalue weighted by atomic mass is 79.9. The Kier molecular flexibility index (Phi) is 5.97. The molecule has 0 fully saturated rings. The summed E-state index contributed by atoms with van der Waals surface area (Å²) >= 11 is 3.18. The Bertz CT molecular complexity index is 588. The first kappa shape index (κ1) is 16.9. The number of sulfonamides is 1. The quantitative estimate of drug-likeness (QED) is 0.797. The normalized spacial score (nSPS) is 11.6. The van der Waals surface area contributed by atoms with Crippen molar-refractivity contribution in [3.63, 3.8) is 0 Å². The van der Waals surface area contributed by atoms with Crippen molar-refractivity contribution in [3.8, 4) is 5.75 Å². The molecule has 8 heteroatoms. The number of carboxylic acids is 1. The van der Waals surface area contributed by atoms with Gasteiger partial charge in [-0.15, -0.1) is 0 Å². The van der Waals surface area contributed by atoms with Gasteiger partial charge in [-0.3, -0.25) is 4.79 Å². The topological polar surface area (TPSA) is 83.9 Å². The standard InChI is InChI=1S/C12H16BrNO5S/c1-3-6-14(8-12(15)16)20(17,18)11-5-4-9(19-2)7-10(11)13/h4-5,7H,3,6,8H2,1-2H3,(H,15,16). The molecule has 0 aliphatic heterocycles. The average molecular weight is 366 g/mol. The molecule has 0 aliphatic carbocycles. The number of ether oxygens (including phenoxy) is 1. The van der Waals surface area contributed by atoms with Crippen LogP contribution in [0, 0.1) is 0 Å². The number of methoxy groups -OCH3 is 1. The fraction of sp³-hybridized carbons (Fsp3) is 0.417. The van der Waals surface area contributed by atoms with E-state index in [2.05, 4.69) is 15.9 Å². The van der Waals surface area contributed by atoms with Crippen LogP contribution in [0.3, 0.4) is 0 Å². The number of aliphatic carboxylic acids is 1. The molecule has 0 bridgehead atoms.